The molecular formula is C7H12O2. The molecule has 2 rings (SSSR count). The van der Waals surface area contributed by atoms with E-state index in [1.54, 1.807) is 0 Å². The molecule has 2 heterocycles. The Morgan fingerprint density at radius 3 is 2.67 bits per heavy atom. The molecule has 2 aliphatic heterocycles. The summed E-state index contributed by atoms with van der Waals surface area (Å²) < 4.78 is 5.46. The monoisotopic (exact) mass is 128 g/mol. The lowest BCUT2D eigenvalue weighted by Gasteiger charge is -2.24. The van der Waals surface area contributed by atoms with Gasteiger partial charge in [-0.25, -0.2) is 0 Å². The largest absolute Gasteiger partial charge is 0.390 e. The summed E-state index contributed by atoms with van der Waals surface area (Å²) >= 11 is 0. The zero-order valence-corrected chi connectivity index (χ0v) is 5.42. The minimum absolute atomic E-state index is 0.163. The lowest BCUT2D eigenvalue weighted by Crippen LogP contribution is -2.31. The van der Waals surface area contributed by atoms with Crippen LogP contribution in [0.3, 0.4) is 0 Å². The molecule has 0 aliphatic carbocycles. The summed E-state index contributed by atoms with van der Waals surface area (Å²) in [5, 5.41) is 9.27. The number of fused-ring (bicyclic) bond motifs is 2. The first kappa shape index (κ1) is 5.69. The van der Waals surface area contributed by atoms with Gasteiger partial charge in [-0.2, -0.15) is 0 Å². The first-order valence-corrected chi connectivity index (χ1v) is 3.70. The Bertz CT molecular complexity index is 113. The van der Waals surface area contributed by atoms with Gasteiger partial charge in [0.15, 0.2) is 0 Å². The highest BCUT2D eigenvalue weighted by molar-refractivity contribution is 4.85. The van der Waals surface area contributed by atoms with Gasteiger partial charge in [0.1, 0.15) is 0 Å². The van der Waals surface area contributed by atoms with Crippen molar-refractivity contribution >= 4 is 0 Å². The van der Waals surface area contributed by atoms with Crippen molar-refractivity contribution in [2.45, 2.75) is 44.0 Å². The Morgan fingerprint density at radius 1 is 1.11 bits per heavy atom. The smallest absolute Gasteiger partial charge is 0.0838 e. The molecule has 0 aromatic heterocycles. The lowest BCUT2D eigenvalue weighted by atomic mass is 10.1. The summed E-state index contributed by atoms with van der Waals surface area (Å²) in [5.41, 5.74) is 0. The first-order chi connectivity index (χ1) is 4.36. The Balaban J connectivity index is 2.05. The van der Waals surface area contributed by atoms with Crippen LogP contribution in [-0.4, -0.2) is 23.4 Å². The molecule has 2 heteroatoms. The molecule has 2 aliphatic rings. The number of ether oxygens (including phenoxy) is 1. The van der Waals surface area contributed by atoms with E-state index in [9.17, 15) is 5.11 Å². The molecule has 0 amide bonds. The lowest BCUT2D eigenvalue weighted by molar-refractivity contribution is -0.0746. The average molecular weight is 128 g/mol. The molecule has 2 fully saturated rings. The van der Waals surface area contributed by atoms with Gasteiger partial charge in [-0.15, -0.1) is 0 Å². The van der Waals surface area contributed by atoms with E-state index in [4.69, 9.17) is 4.74 Å². The summed E-state index contributed by atoms with van der Waals surface area (Å²) in [5.74, 6) is 0. The fraction of sp³-hybridized carbons (Fsp3) is 1.00. The topological polar surface area (TPSA) is 29.5 Å². The molecule has 3 atom stereocenters. The fourth-order valence-corrected chi connectivity index (χ4v) is 1.77. The summed E-state index contributed by atoms with van der Waals surface area (Å²) in [4.78, 5) is 0. The van der Waals surface area contributed by atoms with Crippen LogP contribution < -0.4 is 0 Å². The van der Waals surface area contributed by atoms with Crippen LogP contribution >= 0.6 is 0 Å². The maximum atomic E-state index is 9.27. The van der Waals surface area contributed by atoms with Crippen molar-refractivity contribution in [1.29, 1.82) is 0 Å². The molecule has 0 radical (unpaired) electrons. The molecule has 2 unspecified atom stereocenters. The zero-order chi connectivity index (χ0) is 6.27. The number of rotatable bonds is 0. The molecule has 2 saturated heterocycles. The van der Waals surface area contributed by atoms with Crippen molar-refractivity contribution in [3.8, 4) is 0 Å². The third-order valence-electron chi connectivity index (χ3n) is 2.35. The van der Waals surface area contributed by atoms with Crippen LogP contribution in [0.1, 0.15) is 25.7 Å². The SMILES string of the molecule is OC1CC[C@@H]2CCC1O2. The van der Waals surface area contributed by atoms with Crippen LogP contribution in [0.5, 0.6) is 0 Å². The van der Waals surface area contributed by atoms with E-state index in [0.717, 1.165) is 19.3 Å². The predicted octanol–water partition coefficient (Wildman–Crippen LogP) is 0.689. The minimum atomic E-state index is -0.163. The Morgan fingerprint density at radius 2 is 1.89 bits per heavy atom. The van der Waals surface area contributed by atoms with E-state index in [2.05, 4.69) is 0 Å². The van der Waals surface area contributed by atoms with Crippen molar-refractivity contribution in [3.05, 3.63) is 0 Å². The highest BCUT2D eigenvalue weighted by Crippen LogP contribution is 2.32. The molecular weight excluding hydrogens is 116 g/mol. The van der Waals surface area contributed by atoms with E-state index in [0.29, 0.717) is 6.10 Å². The van der Waals surface area contributed by atoms with Crippen LogP contribution in [0.2, 0.25) is 0 Å². The average Bonchev–Trinajstić information content (AvgIpc) is 2.25. The quantitative estimate of drug-likeness (QED) is 0.520. The molecule has 9 heavy (non-hydrogen) atoms. The summed E-state index contributed by atoms with van der Waals surface area (Å²) in [6.07, 6.45) is 4.77. The standard InChI is InChI=1S/C7H12O2/c8-6-3-1-5-2-4-7(6)9-5/h5-8H,1-4H2/t5-,6?,7?/m1/s1. The zero-order valence-electron chi connectivity index (χ0n) is 5.42. The van der Waals surface area contributed by atoms with Gasteiger partial charge in [-0.3, -0.25) is 0 Å². The van der Waals surface area contributed by atoms with E-state index in [1.807, 2.05) is 0 Å². The van der Waals surface area contributed by atoms with Gasteiger partial charge < -0.3 is 9.84 Å². The second kappa shape index (κ2) is 1.96. The van der Waals surface area contributed by atoms with Crippen molar-refractivity contribution in [2.24, 2.45) is 0 Å². The normalized spacial score (nSPS) is 49.7. The van der Waals surface area contributed by atoms with Gasteiger partial charge in [-0.1, -0.05) is 0 Å². The van der Waals surface area contributed by atoms with E-state index < -0.39 is 0 Å². The van der Waals surface area contributed by atoms with Gasteiger partial charge in [0.25, 0.3) is 0 Å². The van der Waals surface area contributed by atoms with Crippen LogP contribution in [0, 0.1) is 0 Å². The van der Waals surface area contributed by atoms with Gasteiger partial charge in [0.2, 0.25) is 0 Å². The number of hydrogen-bond acceptors (Lipinski definition) is 2. The molecule has 1 N–H and O–H groups in total. The number of aliphatic hydroxyl groups is 1. The molecule has 0 aromatic rings. The van der Waals surface area contributed by atoms with E-state index in [-0.39, 0.29) is 12.2 Å². The third kappa shape index (κ3) is 0.864. The summed E-state index contributed by atoms with van der Waals surface area (Å²) in [7, 11) is 0. The van der Waals surface area contributed by atoms with Gasteiger partial charge >= 0.3 is 0 Å². The summed E-state index contributed by atoms with van der Waals surface area (Å²) in [6.45, 7) is 0. The highest BCUT2D eigenvalue weighted by Gasteiger charge is 2.35. The molecule has 0 aromatic carbocycles. The number of hydrogen-bond donors (Lipinski definition) is 1. The van der Waals surface area contributed by atoms with Gasteiger partial charge in [-0.05, 0) is 25.7 Å². The third-order valence-corrected chi connectivity index (χ3v) is 2.35. The highest BCUT2D eigenvalue weighted by atomic mass is 16.5. The molecule has 0 saturated carbocycles. The Labute approximate surface area is 54.8 Å². The van der Waals surface area contributed by atoms with Crippen LogP contribution in [-0.2, 0) is 4.74 Å². The van der Waals surface area contributed by atoms with Crippen molar-refractivity contribution < 1.29 is 9.84 Å². The molecule has 2 nitrogen and oxygen atoms in total. The summed E-state index contributed by atoms with van der Waals surface area (Å²) in [6, 6.07) is 0. The molecule has 0 spiro atoms. The van der Waals surface area contributed by atoms with E-state index >= 15 is 0 Å². The molecule has 2 bridgehead atoms. The second-order valence-electron chi connectivity index (χ2n) is 3.02. The second-order valence-corrected chi connectivity index (χ2v) is 3.02. The predicted molar refractivity (Wildman–Crippen MR) is 33.1 cm³/mol. The van der Waals surface area contributed by atoms with E-state index in [1.165, 1.54) is 6.42 Å². The Kier molecular flexibility index (Phi) is 1.24. The van der Waals surface area contributed by atoms with Crippen molar-refractivity contribution in [3.63, 3.8) is 0 Å². The van der Waals surface area contributed by atoms with Crippen molar-refractivity contribution in [2.75, 3.05) is 0 Å². The van der Waals surface area contributed by atoms with Gasteiger partial charge in [0, 0.05) is 0 Å². The number of aliphatic hydroxyl groups excluding tert-OH is 1. The molecule has 52 valence electrons. The van der Waals surface area contributed by atoms with Crippen LogP contribution in [0.15, 0.2) is 0 Å². The Hall–Kier alpha value is -0.0800. The van der Waals surface area contributed by atoms with Gasteiger partial charge in [0.05, 0.1) is 18.3 Å². The maximum absolute atomic E-state index is 9.27. The van der Waals surface area contributed by atoms with Crippen LogP contribution in [0.4, 0.5) is 0 Å². The first-order valence-electron chi connectivity index (χ1n) is 3.70. The fourth-order valence-electron chi connectivity index (χ4n) is 1.77. The van der Waals surface area contributed by atoms with Crippen LogP contribution in [0.25, 0.3) is 0 Å². The van der Waals surface area contributed by atoms with Crippen molar-refractivity contribution in [1.82, 2.24) is 0 Å². The maximum Gasteiger partial charge on any atom is 0.0838 e. The minimum Gasteiger partial charge on any atom is -0.390 e.